The summed E-state index contributed by atoms with van der Waals surface area (Å²) in [6.07, 6.45) is -0.585. The van der Waals surface area contributed by atoms with E-state index >= 15 is 0 Å². The third kappa shape index (κ3) is 4.63. The minimum atomic E-state index is -0.585. The maximum atomic E-state index is 12.1. The molecule has 2 aromatic rings. The lowest BCUT2D eigenvalue weighted by Gasteiger charge is -2.15. The summed E-state index contributed by atoms with van der Waals surface area (Å²) in [5.41, 5.74) is 0.755. The van der Waals surface area contributed by atoms with Gasteiger partial charge in [0, 0.05) is 9.26 Å². The summed E-state index contributed by atoms with van der Waals surface area (Å²) < 4.78 is 11.8. The highest BCUT2D eigenvalue weighted by Crippen LogP contribution is 2.18. The molecule has 0 aromatic heterocycles. The Morgan fingerprint density at radius 1 is 1.05 bits per heavy atom. The van der Waals surface area contributed by atoms with Crippen molar-refractivity contribution >= 4 is 34.2 Å². The average Bonchev–Trinajstić information content (AvgIpc) is 2.50. The lowest BCUT2D eigenvalue weighted by atomic mass is 10.3. The summed E-state index contributed by atoms with van der Waals surface area (Å²) in [5.74, 6) is 1.19. The van der Waals surface area contributed by atoms with Gasteiger partial charge < -0.3 is 14.8 Å². The molecule has 5 heteroatoms. The Hall–Kier alpha value is -1.76. The average molecular weight is 397 g/mol. The van der Waals surface area contributed by atoms with Gasteiger partial charge in [0.2, 0.25) is 0 Å². The topological polar surface area (TPSA) is 47.6 Å². The summed E-state index contributed by atoms with van der Waals surface area (Å²) in [6, 6.07) is 14.7. The van der Waals surface area contributed by atoms with E-state index in [9.17, 15) is 4.79 Å². The molecular weight excluding hydrogens is 381 g/mol. The van der Waals surface area contributed by atoms with Crippen molar-refractivity contribution in [1.82, 2.24) is 0 Å². The summed E-state index contributed by atoms with van der Waals surface area (Å²) in [6.45, 7) is 1.71. The maximum Gasteiger partial charge on any atom is 0.265 e. The molecule has 2 aromatic carbocycles. The molecule has 0 heterocycles. The van der Waals surface area contributed by atoms with Gasteiger partial charge in [-0.25, -0.2) is 0 Å². The second-order valence-corrected chi connectivity index (χ2v) is 5.68. The first kappa shape index (κ1) is 15.6. The number of carbonyl (C=O) groups excluding carboxylic acids is 1. The fourth-order valence-electron chi connectivity index (χ4n) is 1.69. The number of rotatable bonds is 5. The molecule has 0 aliphatic heterocycles. The normalized spacial score (nSPS) is 11.6. The fourth-order valence-corrected chi connectivity index (χ4v) is 2.05. The van der Waals surface area contributed by atoms with Crippen LogP contribution in [0.15, 0.2) is 48.5 Å². The molecule has 0 radical (unpaired) electrons. The Morgan fingerprint density at radius 2 is 1.62 bits per heavy atom. The predicted octanol–water partition coefficient (Wildman–Crippen LogP) is 3.71. The number of anilines is 1. The molecule has 0 aliphatic rings. The van der Waals surface area contributed by atoms with Gasteiger partial charge in [-0.1, -0.05) is 0 Å². The van der Waals surface area contributed by atoms with Crippen LogP contribution in [0.4, 0.5) is 5.69 Å². The molecule has 2 rings (SSSR count). The maximum absolute atomic E-state index is 12.1. The zero-order chi connectivity index (χ0) is 15.2. The van der Waals surface area contributed by atoms with Crippen LogP contribution in [0.1, 0.15) is 6.92 Å². The van der Waals surface area contributed by atoms with Gasteiger partial charge in [0.25, 0.3) is 5.91 Å². The van der Waals surface area contributed by atoms with Crippen molar-refractivity contribution in [2.75, 3.05) is 12.4 Å². The first-order valence-corrected chi connectivity index (χ1v) is 7.53. The van der Waals surface area contributed by atoms with Gasteiger partial charge in [0.05, 0.1) is 7.11 Å². The second kappa shape index (κ2) is 7.31. The molecule has 0 fully saturated rings. The fraction of sp³-hybridized carbons (Fsp3) is 0.188. The smallest absolute Gasteiger partial charge is 0.265 e. The van der Waals surface area contributed by atoms with E-state index in [0.717, 1.165) is 15.0 Å². The number of nitrogens with one attached hydrogen (secondary N) is 1. The van der Waals surface area contributed by atoms with Crippen LogP contribution >= 0.6 is 22.6 Å². The third-order valence-electron chi connectivity index (χ3n) is 2.85. The zero-order valence-electron chi connectivity index (χ0n) is 11.8. The summed E-state index contributed by atoms with van der Waals surface area (Å²) in [5, 5.41) is 2.82. The first-order valence-electron chi connectivity index (χ1n) is 6.45. The molecule has 0 aliphatic carbocycles. The molecule has 0 bridgehead atoms. The minimum absolute atomic E-state index is 0.188. The Labute approximate surface area is 137 Å². The SMILES string of the molecule is COc1ccc(O[C@H](C)C(=O)Nc2ccc(I)cc2)cc1. The van der Waals surface area contributed by atoms with Gasteiger partial charge in [-0.15, -0.1) is 0 Å². The van der Waals surface area contributed by atoms with Crippen molar-refractivity contribution in [2.45, 2.75) is 13.0 Å². The first-order chi connectivity index (χ1) is 10.1. The van der Waals surface area contributed by atoms with Crippen molar-refractivity contribution in [3.05, 3.63) is 52.1 Å². The Balaban J connectivity index is 1.93. The van der Waals surface area contributed by atoms with Crippen LogP contribution in [0.2, 0.25) is 0 Å². The Morgan fingerprint density at radius 3 is 2.19 bits per heavy atom. The highest BCUT2D eigenvalue weighted by Gasteiger charge is 2.14. The van der Waals surface area contributed by atoms with E-state index in [4.69, 9.17) is 9.47 Å². The number of ether oxygens (including phenoxy) is 2. The number of amides is 1. The van der Waals surface area contributed by atoms with E-state index in [1.165, 1.54) is 0 Å². The van der Waals surface area contributed by atoms with Crippen LogP contribution in [0.5, 0.6) is 11.5 Å². The number of methoxy groups -OCH3 is 1. The summed E-state index contributed by atoms with van der Waals surface area (Å²) >= 11 is 2.22. The van der Waals surface area contributed by atoms with Gasteiger partial charge in [0.1, 0.15) is 11.5 Å². The third-order valence-corrected chi connectivity index (χ3v) is 3.57. The zero-order valence-corrected chi connectivity index (χ0v) is 14.0. The summed E-state index contributed by atoms with van der Waals surface area (Å²) in [4.78, 5) is 12.1. The predicted molar refractivity (Wildman–Crippen MR) is 90.9 cm³/mol. The van der Waals surface area contributed by atoms with Crippen molar-refractivity contribution in [1.29, 1.82) is 0 Å². The molecule has 0 saturated heterocycles. The van der Waals surface area contributed by atoms with Crippen LogP contribution in [0.3, 0.4) is 0 Å². The number of halogens is 1. The lowest BCUT2D eigenvalue weighted by Crippen LogP contribution is -2.30. The molecule has 4 nitrogen and oxygen atoms in total. The Kier molecular flexibility index (Phi) is 5.44. The van der Waals surface area contributed by atoms with Gasteiger partial charge in [0.15, 0.2) is 6.10 Å². The molecule has 1 amide bonds. The van der Waals surface area contributed by atoms with Gasteiger partial charge >= 0.3 is 0 Å². The number of hydrogen-bond acceptors (Lipinski definition) is 3. The molecule has 110 valence electrons. The summed E-state index contributed by atoms with van der Waals surface area (Å²) in [7, 11) is 1.60. The van der Waals surface area contributed by atoms with Crippen LogP contribution in [-0.2, 0) is 4.79 Å². The standard InChI is InChI=1S/C16H16INO3/c1-11(21-15-9-7-14(20-2)8-10-15)16(19)18-13-5-3-12(17)4-6-13/h3-11H,1-2H3,(H,18,19)/t11-/m1/s1. The van der Waals surface area contributed by atoms with Crippen LogP contribution in [-0.4, -0.2) is 19.1 Å². The lowest BCUT2D eigenvalue weighted by molar-refractivity contribution is -0.122. The molecule has 1 atom stereocenters. The second-order valence-electron chi connectivity index (χ2n) is 4.43. The largest absolute Gasteiger partial charge is 0.497 e. The molecule has 0 saturated carbocycles. The van der Waals surface area contributed by atoms with Crippen molar-refractivity contribution in [3.63, 3.8) is 0 Å². The minimum Gasteiger partial charge on any atom is -0.497 e. The molecule has 0 spiro atoms. The highest BCUT2D eigenvalue weighted by molar-refractivity contribution is 14.1. The quantitative estimate of drug-likeness (QED) is 0.783. The van der Waals surface area contributed by atoms with Crippen molar-refractivity contribution in [2.24, 2.45) is 0 Å². The monoisotopic (exact) mass is 397 g/mol. The van der Waals surface area contributed by atoms with Gasteiger partial charge in [-0.2, -0.15) is 0 Å². The number of hydrogen-bond donors (Lipinski definition) is 1. The molecular formula is C16H16INO3. The van der Waals surface area contributed by atoms with Crippen LogP contribution in [0.25, 0.3) is 0 Å². The van der Waals surface area contributed by atoms with Gasteiger partial charge in [-0.05, 0) is 78.0 Å². The Bertz CT molecular complexity index is 596. The molecule has 0 unspecified atom stereocenters. The van der Waals surface area contributed by atoms with E-state index in [-0.39, 0.29) is 5.91 Å². The van der Waals surface area contributed by atoms with E-state index in [2.05, 4.69) is 27.9 Å². The van der Waals surface area contributed by atoms with E-state index in [1.54, 1.807) is 38.3 Å². The van der Waals surface area contributed by atoms with Crippen molar-refractivity contribution < 1.29 is 14.3 Å². The van der Waals surface area contributed by atoms with Crippen LogP contribution < -0.4 is 14.8 Å². The van der Waals surface area contributed by atoms with Crippen molar-refractivity contribution in [3.8, 4) is 11.5 Å². The van der Waals surface area contributed by atoms with Crippen LogP contribution in [0, 0.1) is 3.57 Å². The van der Waals surface area contributed by atoms with E-state index in [1.807, 2.05) is 24.3 Å². The molecule has 21 heavy (non-hydrogen) atoms. The highest BCUT2D eigenvalue weighted by atomic mass is 127. The number of benzene rings is 2. The number of carbonyl (C=O) groups is 1. The molecule has 1 N–H and O–H groups in total. The van der Waals surface area contributed by atoms with E-state index < -0.39 is 6.10 Å². The van der Waals surface area contributed by atoms with E-state index in [0.29, 0.717) is 5.75 Å². The van der Waals surface area contributed by atoms with Gasteiger partial charge in [-0.3, -0.25) is 4.79 Å².